The van der Waals surface area contributed by atoms with Gasteiger partial charge < -0.3 is 4.74 Å². The normalized spacial score (nSPS) is 17.0. The van der Waals surface area contributed by atoms with Gasteiger partial charge in [-0.15, -0.1) is 0 Å². The van der Waals surface area contributed by atoms with Gasteiger partial charge in [0.05, 0.1) is 12.0 Å². The van der Waals surface area contributed by atoms with Gasteiger partial charge in [0.1, 0.15) is 4.32 Å². The van der Waals surface area contributed by atoms with Crippen molar-refractivity contribution < 1.29 is 14.3 Å². The van der Waals surface area contributed by atoms with Crippen LogP contribution in [-0.4, -0.2) is 28.2 Å². The summed E-state index contributed by atoms with van der Waals surface area (Å²) in [6.45, 7) is 0. The Labute approximate surface area is 155 Å². The maximum Gasteiger partial charge on any atom is 0.333 e. The Morgan fingerprint density at radius 2 is 1.72 bits per heavy atom. The molecule has 0 spiro atoms. The molecule has 1 aliphatic rings. The first-order chi connectivity index (χ1) is 12.1. The molecule has 0 N–H and O–H groups in total. The molecule has 0 aliphatic carbocycles. The van der Waals surface area contributed by atoms with Crippen molar-refractivity contribution in [2.24, 2.45) is 0 Å². The molecule has 1 amide bonds. The van der Waals surface area contributed by atoms with Gasteiger partial charge in [-0.2, -0.15) is 0 Å². The zero-order valence-corrected chi connectivity index (χ0v) is 15.0. The van der Waals surface area contributed by atoms with E-state index < -0.39 is 12.0 Å². The molecule has 2 aromatic rings. The van der Waals surface area contributed by atoms with Crippen LogP contribution in [0.4, 0.5) is 0 Å². The van der Waals surface area contributed by atoms with Crippen LogP contribution in [0.25, 0.3) is 6.08 Å². The van der Waals surface area contributed by atoms with E-state index in [-0.39, 0.29) is 5.91 Å². The van der Waals surface area contributed by atoms with Crippen molar-refractivity contribution in [1.82, 2.24) is 4.90 Å². The van der Waals surface area contributed by atoms with E-state index >= 15 is 0 Å². The predicted molar refractivity (Wildman–Crippen MR) is 103 cm³/mol. The van der Waals surface area contributed by atoms with Crippen LogP contribution in [0.1, 0.15) is 17.2 Å². The lowest BCUT2D eigenvalue weighted by molar-refractivity contribution is -0.148. The first kappa shape index (κ1) is 17.4. The lowest BCUT2D eigenvalue weighted by Crippen LogP contribution is -2.37. The Bertz CT molecular complexity index is 834. The van der Waals surface area contributed by atoms with Gasteiger partial charge in [-0.1, -0.05) is 84.6 Å². The molecule has 6 heteroatoms. The van der Waals surface area contributed by atoms with Gasteiger partial charge >= 0.3 is 5.97 Å². The second-order valence-electron chi connectivity index (χ2n) is 5.30. The van der Waals surface area contributed by atoms with Gasteiger partial charge in [-0.3, -0.25) is 9.69 Å². The smallest absolute Gasteiger partial charge is 0.333 e. The van der Waals surface area contributed by atoms with Crippen LogP contribution in [-0.2, 0) is 14.3 Å². The minimum absolute atomic E-state index is 0.293. The van der Waals surface area contributed by atoms with Crippen LogP contribution in [0.15, 0.2) is 65.6 Å². The van der Waals surface area contributed by atoms with Crippen molar-refractivity contribution in [1.29, 1.82) is 0 Å². The number of thiocarbonyl (C=S) groups is 1. The molecule has 1 fully saturated rings. The minimum Gasteiger partial charge on any atom is -0.467 e. The summed E-state index contributed by atoms with van der Waals surface area (Å²) >= 11 is 6.56. The second kappa shape index (κ2) is 7.63. The summed E-state index contributed by atoms with van der Waals surface area (Å²) in [7, 11) is 1.30. The molecule has 1 atom stereocenters. The lowest BCUT2D eigenvalue weighted by Gasteiger charge is -2.24. The van der Waals surface area contributed by atoms with Crippen molar-refractivity contribution in [3.05, 3.63) is 76.7 Å². The third-order valence-electron chi connectivity index (χ3n) is 3.72. The monoisotopic (exact) mass is 369 g/mol. The summed E-state index contributed by atoms with van der Waals surface area (Å²) in [6, 6.07) is 17.6. The van der Waals surface area contributed by atoms with Crippen molar-refractivity contribution in [3.8, 4) is 0 Å². The fourth-order valence-electron chi connectivity index (χ4n) is 2.54. The quantitative estimate of drug-likeness (QED) is 0.466. The first-order valence-electron chi connectivity index (χ1n) is 7.56. The molecular formula is C19H15NO3S2. The molecule has 1 heterocycles. The molecule has 126 valence electrons. The Morgan fingerprint density at radius 3 is 2.32 bits per heavy atom. The number of amides is 1. The largest absolute Gasteiger partial charge is 0.467 e. The van der Waals surface area contributed by atoms with E-state index in [4.69, 9.17) is 17.0 Å². The lowest BCUT2D eigenvalue weighted by atomic mass is 10.1. The SMILES string of the molecule is COC(=O)C(c1ccccc1)N1C(=O)/C(=C/c2ccccc2)SC1=S. The highest BCUT2D eigenvalue weighted by atomic mass is 32.2. The van der Waals surface area contributed by atoms with Gasteiger partial charge in [-0.05, 0) is 17.2 Å². The highest BCUT2D eigenvalue weighted by Crippen LogP contribution is 2.38. The van der Waals surface area contributed by atoms with Crippen molar-refractivity contribution in [2.45, 2.75) is 6.04 Å². The summed E-state index contributed by atoms with van der Waals surface area (Å²) in [4.78, 5) is 27.1. The molecule has 1 aliphatic heterocycles. The van der Waals surface area contributed by atoms with Gasteiger partial charge in [0, 0.05) is 0 Å². The number of benzene rings is 2. The van der Waals surface area contributed by atoms with Crippen LogP contribution < -0.4 is 0 Å². The Hall–Kier alpha value is -2.44. The third kappa shape index (κ3) is 3.65. The number of ether oxygens (including phenoxy) is 1. The number of hydrogen-bond acceptors (Lipinski definition) is 5. The third-order valence-corrected chi connectivity index (χ3v) is 5.05. The summed E-state index contributed by atoms with van der Waals surface area (Å²) in [5.41, 5.74) is 1.56. The number of nitrogens with zero attached hydrogens (tertiary/aromatic N) is 1. The first-order valence-corrected chi connectivity index (χ1v) is 8.79. The fourth-order valence-corrected chi connectivity index (χ4v) is 3.85. The van der Waals surface area contributed by atoms with Gasteiger partial charge in [-0.25, -0.2) is 4.79 Å². The van der Waals surface area contributed by atoms with Crippen LogP contribution in [0.5, 0.6) is 0 Å². The van der Waals surface area contributed by atoms with E-state index in [1.54, 1.807) is 18.2 Å². The standard InChI is InChI=1S/C19H15NO3S2/c1-23-18(22)16(14-10-6-3-7-11-14)20-17(21)15(25-19(20)24)12-13-8-4-2-5-9-13/h2-12,16H,1H3/b15-12-. The van der Waals surface area contributed by atoms with Crippen molar-refractivity contribution >= 4 is 46.3 Å². The molecule has 0 radical (unpaired) electrons. The summed E-state index contributed by atoms with van der Waals surface area (Å²) in [6.07, 6.45) is 1.78. The Morgan fingerprint density at radius 1 is 1.12 bits per heavy atom. The molecule has 25 heavy (non-hydrogen) atoms. The minimum atomic E-state index is -0.889. The molecule has 1 saturated heterocycles. The predicted octanol–water partition coefficient (Wildman–Crippen LogP) is 3.80. The van der Waals surface area contributed by atoms with Crippen molar-refractivity contribution in [2.75, 3.05) is 7.11 Å². The van der Waals surface area contributed by atoms with Crippen LogP contribution in [0, 0.1) is 0 Å². The maximum absolute atomic E-state index is 12.9. The highest BCUT2D eigenvalue weighted by molar-refractivity contribution is 8.26. The number of carbonyl (C=O) groups excluding carboxylic acids is 2. The summed E-state index contributed by atoms with van der Waals surface area (Å²) < 4.78 is 5.25. The molecule has 4 nitrogen and oxygen atoms in total. The number of carbonyl (C=O) groups is 2. The van der Waals surface area contributed by atoms with E-state index in [2.05, 4.69) is 0 Å². The Kier molecular flexibility index (Phi) is 5.31. The fraction of sp³-hybridized carbons (Fsp3) is 0.105. The van der Waals surface area contributed by atoms with Crippen LogP contribution in [0.2, 0.25) is 0 Å². The van der Waals surface area contributed by atoms with E-state index in [0.717, 1.165) is 5.56 Å². The summed E-state index contributed by atoms with van der Waals surface area (Å²) in [5.74, 6) is -0.818. The second-order valence-corrected chi connectivity index (χ2v) is 6.97. The molecule has 0 saturated carbocycles. The molecular weight excluding hydrogens is 354 g/mol. The van der Waals surface area contributed by atoms with Gasteiger partial charge in [0.15, 0.2) is 6.04 Å². The zero-order chi connectivity index (χ0) is 17.8. The Balaban J connectivity index is 1.97. The van der Waals surface area contributed by atoms with Gasteiger partial charge in [0.2, 0.25) is 0 Å². The average Bonchev–Trinajstić information content (AvgIpc) is 2.91. The van der Waals surface area contributed by atoms with Crippen LogP contribution >= 0.6 is 24.0 Å². The van der Waals surface area contributed by atoms with E-state index in [9.17, 15) is 9.59 Å². The van der Waals surface area contributed by atoms with Crippen molar-refractivity contribution in [3.63, 3.8) is 0 Å². The topological polar surface area (TPSA) is 46.6 Å². The summed E-state index contributed by atoms with van der Waals surface area (Å²) in [5, 5.41) is 0. The number of thioether (sulfide) groups is 1. The van der Waals surface area contributed by atoms with Gasteiger partial charge in [0.25, 0.3) is 5.91 Å². The molecule has 0 bridgehead atoms. The maximum atomic E-state index is 12.9. The number of esters is 1. The van der Waals surface area contributed by atoms with E-state index in [1.165, 1.54) is 23.8 Å². The average molecular weight is 369 g/mol. The molecule has 3 rings (SSSR count). The van der Waals surface area contributed by atoms with Crippen LogP contribution in [0.3, 0.4) is 0 Å². The molecule has 0 aromatic heterocycles. The number of rotatable bonds is 4. The zero-order valence-electron chi connectivity index (χ0n) is 13.4. The number of methoxy groups -OCH3 is 1. The molecule has 1 unspecified atom stereocenters. The van der Waals surface area contributed by atoms with E-state index in [1.807, 2.05) is 48.5 Å². The highest BCUT2D eigenvalue weighted by Gasteiger charge is 2.41. The van der Waals surface area contributed by atoms with E-state index in [0.29, 0.717) is 14.8 Å². The number of hydrogen-bond donors (Lipinski definition) is 0. The molecule has 2 aromatic carbocycles.